The second kappa shape index (κ2) is 4.36. The van der Waals surface area contributed by atoms with Crippen molar-refractivity contribution in [2.24, 2.45) is 0 Å². The smallest absolute Gasteiger partial charge is 0.0133 e. The highest BCUT2D eigenvalue weighted by Gasteiger charge is 1.97. The van der Waals surface area contributed by atoms with Gasteiger partial charge < -0.3 is 0 Å². The standard InChI is InChI=1S/C9H11IS/c1-7(11)5-8-3-2-4-9(10)6-8/h2-4,6-7,11H,5H2,1H3. The summed E-state index contributed by atoms with van der Waals surface area (Å²) in [5, 5.41) is 0.452. The van der Waals surface area contributed by atoms with Gasteiger partial charge in [-0.05, 0) is 46.7 Å². The number of hydrogen-bond donors (Lipinski definition) is 1. The maximum atomic E-state index is 4.34. The molecular formula is C9H11IS. The summed E-state index contributed by atoms with van der Waals surface area (Å²) in [5.41, 5.74) is 1.37. The first-order valence-electron chi connectivity index (χ1n) is 3.61. The third-order valence-corrected chi connectivity index (χ3v) is 2.27. The van der Waals surface area contributed by atoms with Crippen LogP contribution in [0.5, 0.6) is 0 Å². The normalized spacial score (nSPS) is 13.0. The van der Waals surface area contributed by atoms with Gasteiger partial charge in [0.25, 0.3) is 0 Å². The predicted octanol–water partition coefficient (Wildman–Crippen LogP) is 3.15. The fraction of sp³-hybridized carbons (Fsp3) is 0.333. The molecule has 0 aliphatic rings. The van der Waals surface area contributed by atoms with Crippen LogP contribution >= 0.6 is 35.2 Å². The number of benzene rings is 1. The Bertz CT molecular complexity index is 233. The van der Waals surface area contributed by atoms with Gasteiger partial charge in [-0.2, -0.15) is 12.6 Å². The quantitative estimate of drug-likeness (QED) is 0.623. The lowest BCUT2D eigenvalue weighted by atomic mass is 10.1. The van der Waals surface area contributed by atoms with Crippen molar-refractivity contribution in [1.29, 1.82) is 0 Å². The minimum absolute atomic E-state index is 0.452. The second-order valence-electron chi connectivity index (χ2n) is 2.68. The van der Waals surface area contributed by atoms with E-state index in [1.54, 1.807) is 0 Å². The monoisotopic (exact) mass is 278 g/mol. The van der Waals surface area contributed by atoms with Gasteiger partial charge in [0, 0.05) is 8.82 Å². The van der Waals surface area contributed by atoms with E-state index >= 15 is 0 Å². The first-order chi connectivity index (χ1) is 5.18. The minimum atomic E-state index is 0.452. The van der Waals surface area contributed by atoms with E-state index < -0.39 is 0 Å². The highest BCUT2D eigenvalue weighted by atomic mass is 127. The third kappa shape index (κ3) is 3.47. The number of thiol groups is 1. The molecule has 0 amide bonds. The highest BCUT2D eigenvalue weighted by molar-refractivity contribution is 14.1. The number of halogens is 1. The van der Waals surface area contributed by atoms with Crippen molar-refractivity contribution in [2.75, 3.05) is 0 Å². The Kier molecular flexibility index (Phi) is 3.72. The molecule has 0 heterocycles. The van der Waals surface area contributed by atoms with E-state index in [-0.39, 0.29) is 0 Å². The SMILES string of the molecule is CC(S)Cc1cccc(I)c1. The third-order valence-electron chi connectivity index (χ3n) is 1.42. The average Bonchev–Trinajstić information content (AvgIpc) is 1.85. The van der Waals surface area contributed by atoms with Crippen LogP contribution in [-0.4, -0.2) is 5.25 Å². The molecule has 1 unspecified atom stereocenters. The van der Waals surface area contributed by atoms with Crippen LogP contribution in [0.25, 0.3) is 0 Å². The Hall–Kier alpha value is 0.300. The predicted molar refractivity (Wildman–Crippen MR) is 61.3 cm³/mol. The van der Waals surface area contributed by atoms with E-state index in [1.807, 2.05) is 0 Å². The van der Waals surface area contributed by atoms with Gasteiger partial charge in [-0.1, -0.05) is 19.1 Å². The van der Waals surface area contributed by atoms with E-state index in [0.29, 0.717) is 5.25 Å². The van der Waals surface area contributed by atoms with Crippen LogP contribution in [0.4, 0.5) is 0 Å². The zero-order valence-corrected chi connectivity index (χ0v) is 9.47. The molecule has 0 aliphatic heterocycles. The van der Waals surface area contributed by atoms with Gasteiger partial charge in [0.15, 0.2) is 0 Å². The van der Waals surface area contributed by atoms with Crippen LogP contribution in [0.15, 0.2) is 24.3 Å². The molecule has 0 aromatic heterocycles. The molecule has 11 heavy (non-hydrogen) atoms. The number of rotatable bonds is 2. The summed E-state index contributed by atoms with van der Waals surface area (Å²) in [4.78, 5) is 0. The Labute approximate surface area is 86.9 Å². The summed E-state index contributed by atoms with van der Waals surface area (Å²) in [6, 6.07) is 8.54. The lowest BCUT2D eigenvalue weighted by molar-refractivity contribution is 0.950. The molecule has 60 valence electrons. The van der Waals surface area contributed by atoms with Crippen LogP contribution in [0.2, 0.25) is 0 Å². The minimum Gasteiger partial charge on any atom is -0.176 e. The van der Waals surface area contributed by atoms with Crippen molar-refractivity contribution < 1.29 is 0 Å². The Morgan fingerprint density at radius 1 is 1.55 bits per heavy atom. The summed E-state index contributed by atoms with van der Waals surface area (Å²) in [6.45, 7) is 2.11. The van der Waals surface area contributed by atoms with Gasteiger partial charge in [0.05, 0.1) is 0 Å². The lowest BCUT2D eigenvalue weighted by Crippen LogP contribution is -1.96. The van der Waals surface area contributed by atoms with Crippen LogP contribution in [-0.2, 0) is 6.42 Å². The van der Waals surface area contributed by atoms with Crippen molar-refractivity contribution >= 4 is 35.2 Å². The van der Waals surface area contributed by atoms with Crippen LogP contribution in [0, 0.1) is 3.57 Å². The molecule has 0 nitrogen and oxygen atoms in total. The molecule has 2 heteroatoms. The lowest BCUT2D eigenvalue weighted by Gasteiger charge is -2.03. The Balaban J connectivity index is 2.71. The molecule has 1 atom stereocenters. The second-order valence-corrected chi connectivity index (χ2v) is 4.81. The summed E-state index contributed by atoms with van der Waals surface area (Å²) in [5.74, 6) is 0. The summed E-state index contributed by atoms with van der Waals surface area (Å²) in [7, 11) is 0. The molecule has 1 aromatic rings. The van der Waals surface area contributed by atoms with Crippen molar-refractivity contribution in [3.05, 3.63) is 33.4 Å². The van der Waals surface area contributed by atoms with E-state index in [0.717, 1.165) is 6.42 Å². The maximum Gasteiger partial charge on any atom is 0.0133 e. The van der Waals surface area contributed by atoms with Crippen molar-refractivity contribution in [3.8, 4) is 0 Å². The van der Waals surface area contributed by atoms with Gasteiger partial charge in [0.2, 0.25) is 0 Å². The molecule has 0 bridgehead atoms. The van der Waals surface area contributed by atoms with Gasteiger partial charge in [-0.15, -0.1) is 0 Å². The molecule has 1 aromatic carbocycles. The number of hydrogen-bond acceptors (Lipinski definition) is 1. The first kappa shape index (κ1) is 9.39. The van der Waals surface area contributed by atoms with E-state index in [2.05, 4.69) is 66.4 Å². The summed E-state index contributed by atoms with van der Waals surface area (Å²) < 4.78 is 1.30. The van der Waals surface area contributed by atoms with Crippen LogP contribution < -0.4 is 0 Å². The van der Waals surface area contributed by atoms with Crippen molar-refractivity contribution in [3.63, 3.8) is 0 Å². The van der Waals surface area contributed by atoms with E-state index in [1.165, 1.54) is 9.13 Å². The van der Waals surface area contributed by atoms with Crippen molar-refractivity contribution in [2.45, 2.75) is 18.6 Å². The molecule has 0 spiro atoms. The molecule has 0 N–H and O–H groups in total. The van der Waals surface area contributed by atoms with Crippen molar-refractivity contribution in [1.82, 2.24) is 0 Å². The molecule has 0 saturated heterocycles. The van der Waals surface area contributed by atoms with Gasteiger partial charge in [-0.25, -0.2) is 0 Å². The maximum absolute atomic E-state index is 4.34. The molecule has 0 aliphatic carbocycles. The summed E-state index contributed by atoms with van der Waals surface area (Å²) >= 11 is 6.67. The molecule has 0 radical (unpaired) electrons. The van der Waals surface area contributed by atoms with E-state index in [4.69, 9.17) is 0 Å². The van der Waals surface area contributed by atoms with E-state index in [9.17, 15) is 0 Å². The molecule has 0 saturated carbocycles. The highest BCUT2D eigenvalue weighted by Crippen LogP contribution is 2.11. The topological polar surface area (TPSA) is 0 Å². The average molecular weight is 278 g/mol. The Morgan fingerprint density at radius 2 is 2.27 bits per heavy atom. The molecular weight excluding hydrogens is 267 g/mol. The van der Waals surface area contributed by atoms with Crippen LogP contribution in [0.1, 0.15) is 12.5 Å². The Morgan fingerprint density at radius 3 is 2.82 bits per heavy atom. The molecule has 1 rings (SSSR count). The fourth-order valence-electron chi connectivity index (χ4n) is 1.01. The first-order valence-corrected chi connectivity index (χ1v) is 5.20. The van der Waals surface area contributed by atoms with Crippen LogP contribution in [0.3, 0.4) is 0 Å². The van der Waals surface area contributed by atoms with Gasteiger partial charge in [-0.3, -0.25) is 0 Å². The largest absolute Gasteiger partial charge is 0.176 e. The summed E-state index contributed by atoms with van der Waals surface area (Å²) in [6.07, 6.45) is 1.06. The zero-order chi connectivity index (χ0) is 8.27. The van der Waals surface area contributed by atoms with Gasteiger partial charge >= 0.3 is 0 Å². The zero-order valence-electron chi connectivity index (χ0n) is 6.42. The fourth-order valence-corrected chi connectivity index (χ4v) is 1.82. The molecule has 0 fully saturated rings. The van der Waals surface area contributed by atoms with Gasteiger partial charge in [0.1, 0.15) is 0 Å².